The van der Waals surface area contributed by atoms with Gasteiger partial charge in [0.2, 0.25) is 5.82 Å². The Bertz CT molecular complexity index is 1520. The Hall–Kier alpha value is -3.82. The van der Waals surface area contributed by atoms with Crippen molar-refractivity contribution >= 4 is 67.2 Å². The SMILES string of the molecule is Nc1nc(C(=O)Nc2cc3ccccc3c(CNc3ccc(Cl)cc3F)n2)nc2ccsc12. The van der Waals surface area contributed by atoms with Gasteiger partial charge in [-0.3, -0.25) is 4.79 Å². The van der Waals surface area contributed by atoms with Crippen LogP contribution in [0.25, 0.3) is 21.0 Å². The molecule has 0 bridgehead atoms. The normalized spacial score (nSPS) is 11.1. The number of aromatic nitrogens is 3. The van der Waals surface area contributed by atoms with Crippen LogP contribution in [0.5, 0.6) is 0 Å². The highest BCUT2D eigenvalue weighted by Gasteiger charge is 2.16. The third kappa shape index (κ3) is 4.28. The number of nitrogens with zero attached hydrogens (tertiary/aromatic N) is 3. The van der Waals surface area contributed by atoms with E-state index in [2.05, 4.69) is 25.6 Å². The highest BCUT2D eigenvalue weighted by molar-refractivity contribution is 7.17. The first kappa shape index (κ1) is 21.0. The van der Waals surface area contributed by atoms with Gasteiger partial charge in [-0.2, -0.15) is 0 Å². The molecule has 7 nitrogen and oxygen atoms in total. The van der Waals surface area contributed by atoms with E-state index in [1.54, 1.807) is 24.3 Å². The van der Waals surface area contributed by atoms with Gasteiger partial charge in [-0.15, -0.1) is 11.3 Å². The van der Waals surface area contributed by atoms with Gasteiger partial charge in [0.25, 0.3) is 5.91 Å². The monoisotopic (exact) mass is 478 g/mol. The largest absolute Gasteiger partial charge is 0.382 e. The molecule has 0 saturated heterocycles. The fraction of sp³-hybridized carbons (Fsp3) is 0.0435. The number of hydrogen-bond acceptors (Lipinski definition) is 7. The first-order valence-electron chi connectivity index (χ1n) is 9.87. The molecule has 164 valence electrons. The first-order valence-corrected chi connectivity index (χ1v) is 11.1. The van der Waals surface area contributed by atoms with Crippen LogP contribution in [0.1, 0.15) is 16.3 Å². The van der Waals surface area contributed by atoms with Crippen molar-refractivity contribution in [3.8, 4) is 0 Å². The van der Waals surface area contributed by atoms with Gasteiger partial charge in [-0.25, -0.2) is 19.3 Å². The molecule has 0 atom stereocenters. The summed E-state index contributed by atoms with van der Waals surface area (Å²) in [5.74, 6) is -0.465. The van der Waals surface area contributed by atoms with Crippen LogP contribution in [0, 0.1) is 5.82 Å². The number of benzene rings is 2. The molecule has 0 aliphatic rings. The first-order chi connectivity index (χ1) is 16.0. The maximum Gasteiger partial charge on any atom is 0.294 e. The van der Waals surface area contributed by atoms with E-state index in [9.17, 15) is 9.18 Å². The van der Waals surface area contributed by atoms with Crippen LogP contribution in [-0.4, -0.2) is 20.9 Å². The predicted octanol–water partition coefficient (Wildman–Crippen LogP) is 5.48. The minimum absolute atomic E-state index is 0.0451. The Balaban J connectivity index is 1.45. The topological polar surface area (TPSA) is 106 Å². The lowest BCUT2D eigenvalue weighted by Gasteiger charge is -2.12. The number of amides is 1. The van der Waals surface area contributed by atoms with Crippen LogP contribution < -0.4 is 16.4 Å². The third-order valence-corrected chi connectivity index (χ3v) is 6.13. The van der Waals surface area contributed by atoms with Crippen molar-refractivity contribution in [2.45, 2.75) is 6.54 Å². The number of hydrogen-bond donors (Lipinski definition) is 3. The van der Waals surface area contributed by atoms with E-state index in [1.807, 2.05) is 29.6 Å². The van der Waals surface area contributed by atoms with Crippen LogP contribution in [0.2, 0.25) is 5.02 Å². The molecule has 0 aliphatic heterocycles. The van der Waals surface area contributed by atoms with Crippen LogP contribution in [-0.2, 0) is 6.54 Å². The van der Waals surface area contributed by atoms with Gasteiger partial charge >= 0.3 is 0 Å². The standard InChI is InChI=1S/C23H16ClFN6OS/c24-13-5-6-16(15(25)10-13)27-11-18-14-4-2-1-3-12(14)9-19(28-18)30-23(32)22-29-17-7-8-33-20(17)21(26)31-22/h1-10,27H,11H2,(H2,26,29,31)(H,28,30,32). The Morgan fingerprint density at radius 3 is 2.79 bits per heavy atom. The lowest BCUT2D eigenvalue weighted by Crippen LogP contribution is -2.18. The van der Waals surface area contributed by atoms with Crippen LogP contribution in [0.15, 0.2) is 60.0 Å². The Labute approximate surface area is 196 Å². The van der Waals surface area contributed by atoms with Crippen molar-refractivity contribution in [2.75, 3.05) is 16.4 Å². The molecule has 3 heterocycles. The fourth-order valence-electron chi connectivity index (χ4n) is 3.44. The van der Waals surface area contributed by atoms with Gasteiger partial charge in [-0.05, 0) is 41.1 Å². The van der Waals surface area contributed by atoms with Crippen molar-refractivity contribution in [1.82, 2.24) is 15.0 Å². The molecular weight excluding hydrogens is 463 g/mol. The van der Waals surface area contributed by atoms with E-state index in [0.29, 0.717) is 27.7 Å². The number of carbonyl (C=O) groups is 1. The number of nitrogen functional groups attached to an aromatic ring is 1. The summed E-state index contributed by atoms with van der Waals surface area (Å²) in [6.45, 7) is 0.229. The quantitative estimate of drug-likeness (QED) is 0.309. The van der Waals surface area contributed by atoms with Crippen LogP contribution in [0.4, 0.5) is 21.7 Å². The van der Waals surface area contributed by atoms with Crippen LogP contribution in [0.3, 0.4) is 0 Å². The summed E-state index contributed by atoms with van der Waals surface area (Å²) in [5, 5.41) is 9.67. The fourth-order valence-corrected chi connectivity index (χ4v) is 4.33. The summed E-state index contributed by atoms with van der Waals surface area (Å²) in [6.07, 6.45) is 0. The molecule has 33 heavy (non-hydrogen) atoms. The number of fused-ring (bicyclic) bond motifs is 2. The molecule has 0 aliphatic carbocycles. The lowest BCUT2D eigenvalue weighted by molar-refractivity contribution is 0.101. The minimum Gasteiger partial charge on any atom is -0.382 e. The maximum absolute atomic E-state index is 14.2. The molecule has 5 rings (SSSR count). The summed E-state index contributed by atoms with van der Waals surface area (Å²) in [4.78, 5) is 25.8. The molecule has 0 unspecified atom stereocenters. The third-order valence-electron chi connectivity index (χ3n) is 4.97. The summed E-state index contributed by atoms with van der Waals surface area (Å²) >= 11 is 7.24. The number of thiophene rings is 1. The lowest BCUT2D eigenvalue weighted by atomic mass is 10.1. The molecule has 0 saturated carbocycles. The zero-order chi connectivity index (χ0) is 22.9. The van der Waals surface area contributed by atoms with Crippen LogP contribution >= 0.6 is 22.9 Å². The second-order valence-corrected chi connectivity index (χ2v) is 8.53. The van der Waals surface area contributed by atoms with Crippen molar-refractivity contribution in [3.05, 3.63) is 82.3 Å². The van der Waals surface area contributed by atoms with E-state index < -0.39 is 11.7 Å². The number of carbonyl (C=O) groups excluding carboxylic acids is 1. The number of halogens is 2. The van der Waals surface area contributed by atoms with Gasteiger partial charge in [0, 0.05) is 10.4 Å². The van der Waals surface area contributed by atoms with Crippen molar-refractivity contribution in [3.63, 3.8) is 0 Å². The molecular formula is C23H16ClFN6OS. The second-order valence-electron chi connectivity index (χ2n) is 7.17. The molecule has 4 N–H and O–H groups in total. The number of rotatable bonds is 5. The molecule has 0 radical (unpaired) electrons. The predicted molar refractivity (Wildman–Crippen MR) is 130 cm³/mol. The Kier molecular flexibility index (Phi) is 5.49. The second kappa shape index (κ2) is 8.61. The van der Waals surface area contributed by atoms with Crippen molar-refractivity contribution < 1.29 is 9.18 Å². The average molecular weight is 479 g/mol. The van der Waals surface area contributed by atoms with Gasteiger partial charge in [0.05, 0.1) is 28.1 Å². The van der Waals surface area contributed by atoms with E-state index in [1.165, 1.54) is 17.4 Å². The minimum atomic E-state index is -0.528. The average Bonchev–Trinajstić information content (AvgIpc) is 3.28. The van der Waals surface area contributed by atoms with E-state index in [4.69, 9.17) is 17.3 Å². The molecule has 10 heteroatoms. The summed E-state index contributed by atoms with van der Waals surface area (Å²) < 4.78 is 14.9. The van der Waals surface area contributed by atoms with E-state index >= 15 is 0 Å². The highest BCUT2D eigenvalue weighted by Crippen LogP contribution is 2.26. The van der Waals surface area contributed by atoms with Crippen molar-refractivity contribution in [2.24, 2.45) is 0 Å². The molecule has 3 aromatic heterocycles. The van der Waals surface area contributed by atoms with Crippen molar-refractivity contribution in [1.29, 1.82) is 0 Å². The summed E-state index contributed by atoms with van der Waals surface area (Å²) in [6, 6.07) is 15.5. The Morgan fingerprint density at radius 1 is 1.09 bits per heavy atom. The Morgan fingerprint density at radius 2 is 1.94 bits per heavy atom. The van der Waals surface area contributed by atoms with E-state index in [-0.39, 0.29) is 18.2 Å². The van der Waals surface area contributed by atoms with Gasteiger partial charge < -0.3 is 16.4 Å². The number of pyridine rings is 1. The number of nitrogens with two attached hydrogens (primary N) is 1. The zero-order valence-electron chi connectivity index (χ0n) is 17.0. The highest BCUT2D eigenvalue weighted by atomic mass is 35.5. The summed E-state index contributed by atoms with van der Waals surface area (Å²) in [5.41, 5.74) is 7.50. The number of anilines is 3. The molecule has 2 aromatic carbocycles. The molecule has 0 fully saturated rings. The smallest absolute Gasteiger partial charge is 0.294 e. The molecule has 1 amide bonds. The maximum atomic E-state index is 14.2. The van der Waals surface area contributed by atoms with Gasteiger partial charge in [0.15, 0.2) is 0 Å². The number of nitrogens with one attached hydrogen (secondary N) is 2. The van der Waals surface area contributed by atoms with Gasteiger partial charge in [-0.1, -0.05) is 35.9 Å². The molecule has 0 spiro atoms. The molecule has 5 aromatic rings. The summed E-state index contributed by atoms with van der Waals surface area (Å²) in [7, 11) is 0. The van der Waals surface area contributed by atoms with Gasteiger partial charge in [0.1, 0.15) is 17.5 Å². The zero-order valence-corrected chi connectivity index (χ0v) is 18.5. The van der Waals surface area contributed by atoms with E-state index in [0.717, 1.165) is 15.5 Å².